The summed E-state index contributed by atoms with van der Waals surface area (Å²) in [5, 5.41) is 55.8. The predicted molar refractivity (Wildman–Crippen MR) is 141 cm³/mol. The molecule has 0 spiro atoms. The second kappa shape index (κ2) is 26.8. The van der Waals surface area contributed by atoms with Crippen LogP contribution in [0.1, 0.15) is 128 Å². The number of unbranched alkanes of at least 4 members (excludes halogenated alkanes) is 19. The minimum atomic E-state index is -1.60. The molecule has 7 heteroatoms. The second-order valence-electron chi connectivity index (χ2n) is 10.2. The number of ether oxygens (including phenoxy) is 1. The van der Waals surface area contributed by atoms with Crippen LogP contribution in [0.25, 0.3) is 0 Å². The fourth-order valence-electron chi connectivity index (χ4n) is 4.36. The smallest absolute Gasteiger partial charge is 0.111 e. The zero-order valence-corrected chi connectivity index (χ0v) is 22.4. The van der Waals surface area contributed by atoms with Crippen molar-refractivity contribution in [2.24, 2.45) is 0 Å². The average molecular weight is 507 g/mol. The van der Waals surface area contributed by atoms with E-state index in [0.29, 0.717) is 13.2 Å². The second-order valence-corrected chi connectivity index (χ2v) is 10.2. The molecule has 0 bridgehead atoms. The molecule has 0 aromatic carbocycles. The van der Waals surface area contributed by atoms with Gasteiger partial charge in [0.2, 0.25) is 0 Å². The summed E-state index contributed by atoms with van der Waals surface area (Å²) in [6, 6.07) is 0. The largest absolute Gasteiger partial charge is 0.396 e. The molecule has 0 rings (SSSR count). The fraction of sp³-hybridized carbons (Fsp3) is 1.00. The standard InChI is InChI=1S/C28H58O7/c29-21-19-17-15-13-11-9-7-5-3-1-2-4-6-8-10-12-14-16-18-20-22-35-24-26(32)28(34)27(33)25(31)23-30/h25-34H,1-24H2. The van der Waals surface area contributed by atoms with Gasteiger partial charge >= 0.3 is 0 Å². The molecule has 0 aromatic rings. The molecule has 4 unspecified atom stereocenters. The van der Waals surface area contributed by atoms with Gasteiger partial charge in [-0.25, -0.2) is 0 Å². The highest BCUT2D eigenvalue weighted by Gasteiger charge is 2.29. The maximum Gasteiger partial charge on any atom is 0.111 e. The Morgan fingerprint density at radius 3 is 1.06 bits per heavy atom. The summed E-state index contributed by atoms with van der Waals surface area (Å²) in [5.74, 6) is 0. The van der Waals surface area contributed by atoms with Crippen LogP contribution in [0.2, 0.25) is 0 Å². The molecule has 35 heavy (non-hydrogen) atoms. The third kappa shape index (κ3) is 22.6. The van der Waals surface area contributed by atoms with Crippen LogP contribution >= 0.6 is 0 Å². The molecule has 0 aliphatic rings. The molecule has 0 aromatic heterocycles. The first-order valence-electron chi connectivity index (χ1n) is 14.6. The van der Waals surface area contributed by atoms with Gasteiger partial charge in [0.25, 0.3) is 0 Å². The summed E-state index contributed by atoms with van der Waals surface area (Å²) in [6.07, 6.45) is 19.6. The molecule has 0 heterocycles. The van der Waals surface area contributed by atoms with Crippen molar-refractivity contribution in [3.05, 3.63) is 0 Å². The van der Waals surface area contributed by atoms with Crippen LogP contribution < -0.4 is 0 Å². The van der Waals surface area contributed by atoms with Crippen LogP contribution in [0.15, 0.2) is 0 Å². The molecule has 6 N–H and O–H groups in total. The van der Waals surface area contributed by atoms with Crippen molar-refractivity contribution < 1.29 is 35.4 Å². The Morgan fingerprint density at radius 1 is 0.400 bits per heavy atom. The third-order valence-corrected chi connectivity index (χ3v) is 6.81. The summed E-state index contributed by atoms with van der Waals surface area (Å²) >= 11 is 0. The number of aliphatic hydroxyl groups is 6. The predicted octanol–water partition coefficient (Wildman–Crippen LogP) is 4.23. The molecule has 4 atom stereocenters. The average Bonchev–Trinajstić information content (AvgIpc) is 2.87. The van der Waals surface area contributed by atoms with Crippen LogP contribution in [0.5, 0.6) is 0 Å². The lowest BCUT2D eigenvalue weighted by Gasteiger charge is -2.25. The van der Waals surface area contributed by atoms with Crippen molar-refractivity contribution in [1.29, 1.82) is 0 Å². The maximum absolute atomic E-state index is 9.77. The molecular weight excluding hydrogens is 448 g/mol. The highest BCUT2D eigenvalue weighted by Crippen LogP contribution is 2.15. The van der Waals surface area contributed by atoms with Crippen molar-refractivity contribution in [3.63, 3.8) is 0 Å². The van der Waals surface area contributed by atoms with Crippen LogP contribution in [-0.2, 0) is 4.74 Å². The van der Waals surface area contributed by atoms with Gasteiger partial charge in [-0.05, 0) is 12.8 Å². The summed E-state index contributed by atoms with van der Waals surface area (Å²) in [4.78, 5) is 0. The molecule has 0 aliphatic carbocycles. The number of rotatable bonds is 28. The third-order valence-electron chi connectivity index (χ3n) is 6.81. The zero-order valence-electron chi connectivity index (χ0n) is 22.4. The first kappa shape index (κ1) is 34.7. The van der Waals surface area contributed by atoms with Gasteiger partial charge < -0.3 is 35.4 Å². The van der Waals surface area contributed by atoms with Gasteiger partial charge in [-0.3, -0.25) is 0 Å². The van der Waals surface area contributed by atoms with E-state index < -0.39 is 31.0 Å². The lowest BCUT2D eigenvalue weighted by molar-refractivity contribution is -0.129. The van der Waals surface area contributed by atoms with E-state index >= 15 is 0 Å². The van der Waals surface area contributed by atoms with Crippen LogP contribution in [0, 0.1) is 0 Å². The molecule has 0 aliphatic heterocycles. The normalized spacial score (nSPS) is 15.3. The van der Waals surface area contributed by atoms with E-state index in [1.54, 1.807) is 0 Å². The van der Waals surface area contributed by atoms with E-state index in [2.05, 4.69) is 0 Å². The molecule has 0 saturated heterocycles. The molecular formula is C28H58O7. The van der Waals surface area contributed by atoms with Crippen molar-refractivity contribution in [1.82, 2.24) is 0 Å². The van der Waals surface area contributed by atoms with Crippen molar-refractivity contribution >= 4 is 0 Å². The molecule has 0 saturated carbocycles. The summed E-state index contributed by atoms with van der Waals surface area (Å²) < 4.78 is 5.35. The minimum absolute atomic E-state index is 0.108. The first-order valence-corrected chi connectivity index (χ1v) is 14.6. The monoisotopic (exact) mass is 506 g/mol. The Kier molecular flexibility index (Phi) is 26.6. The van der Waals surface area contributed by atoms with E-state index in [1.165, 1.54) is 109 Å². The summed E-state index contributed by atoms with van der Waals surface area (Å²) in [7, 11) is 0. The Balaban J connectivity index is 3.23. The van der Waals surface area contributed by atoms with E-state index in [-0.39, 0.29) is 6.61 Å². The Bertz CT molecular complexity index is 411. The van der Waals surface area contributed by atoms with Crippen LogP contribution in [0.3, 0.4) is 0 Å². The van der Waals surface area contributed by atoms with E-state index in [1.807, 2.05) is 0 Å². The van der Waals surface area contributed by atoms with E-state index in [9.17, 15) is 20.4 Å². The highest BCUT2D eigenvalue weighted by molar-refractivity contribution is 4.80. The lowest BCUT2D eigenvalue weighted by atomic mass is 10.0. The van der Waals surface area contributed by atoms with E-state index in [0.717, 1.165) is 19.3 Å². The Morgan fingerprint density at radius 2 is 0.714 bits per heavy atom. The first-order chi connectivity index (χ1) is 17.0. The van der Waals surface area contributed by atoms with Gasteiger partial charge in [0, 0.05) is 13.2 Å². The summed E-state index contributed by atoms with van der Waals surface area (Å²) in [5.41, 5.74) is 0. The molecule has 212 valence electrons. The molecule has 0 amide bonds. The molecule has 0 radical (unpaired) electrons. The van der Waals surface area contributed by atoms with Gasteiger partial charge in [-0.15, -0.1) is 0 Å². The molecule has 7 nitrogen and oxygen atoms in total. The van der Waals surface area contributed by atoms with Crippen molar-refractivity contribution in [3.8, 4) is 0 Å². The SMILES string of the molecule is OCCCCCCCCCCCCCCCCCCCCCCOCC(O)C(O)C(O)C(O)CO. The van der Waals surface area contributed by atoms with Gasteiger partial charge in [-0.2, -0.15) is 0 Å². The van der Waals surface area contributed by atoms with Gasteiger partial charge in [0.15, 0.2) is 0 Å². The minimum Gasteiger partial charge on any atom is -0.396 e. The molecule has 0 fully saturated rings. The fourth-order valence-corrected chi connectivity index (χ4v) is 4.36. The Hall–Kier alpha value is -0.280. The van der Waals surface area contributed by atoms with Gasteiger partial charge in [0.05, 0.1) is 13.2 Å². The van der Waals surface area contributed by atoms with E-state index in [4.69, 9.17) is 14.9 Å². The highest BCUT2D eigenvalue weighted by atomic mass is 16.5. The topological polar surface area (TPSA) is 131 Å². The quantitative estimate of drug-likeness (QED) is 0.0875. The van der Waals surface area contributed by atoms with Crippen molar-refractivity contribution in [2.75, 3.05) is 26.4 Å². The van der Waals surface area contributed by atoms with Gasteiger partial charge in [-0.1, -0.05) is 116 Å². The number of hydrogen-bond acceptors (Lipinski definition) is 7. The number of hydrogen-bond donors (Lipinski definition) is 6. The van der Waals surface area contributed by atoms with Crippen LogP contribution in [-0.4, -0.2) is 81.5 Å². The summed E-state index contributed by atoms with van der Waals surface area (Å²) in [6.45, 7) is 0.0493. The van der Waals surface area contributed by atoms with Gasteiger partial charge in [0.1, 0.15) is 24.4 Å². The maximum atomic E-state index is 9.77. The van der Waals surface area contributed by atoms with Crippen molar-refractivity contribution in [2.45, 2.75) is 153 Å². The van der Waals surface area contributed by atoms with Crippen LogP contribution in [0.4, 0.5) is 0 Å². The Labute approximate surface area is 214 Å². The zero-order chi connectivity index (χ0) is 26.0. The number of aliphatic hydroxyl groups excluding tert-OH is 6. The lowest BCUT2D eigenvalue weighted by Crippen LogP contribution is -2.47.